The molecule has 3 aromatic rings. The fourth-order valence-corrected chi connectivity index (χ4v) is 4.56. The summed E-state index contributed by atoms with van der Waals surface area (Å²) in [5, 5.41) is 18.5. The quantitative estimate of drug-likeness (QED) is 0.729. The number of carbonyl (C=O) groups excluding carboxylic acids is 1. The summed E-state index contributed by atoms with van der Waals surface area (Å²) in [4.78, 5) is 25.3. The number of rotatable bonds is 3. The minimum atomic E-state index is -0.644. The summed E-state index contributed by atoms with van der Waals surface area (Å²) in [5.41, 5.74) is 1.45. The second-order valence-electron chi connectivity index (χ2n) is 7.66. The van der Waals surface area contributed by atoms with Crippen LogP contribution < -0.4 is 5.43 Å². The van der Waals surface area contributed by atoms with Crippen LogP contribution >= 0.6 is 0 Å². The minimum absolute atomic E-state index is 0.0393. The molecule has 1 amide bonds. The van der Waals surface area contributed by atoms with Gasteiger partial charge in [0.1, 0.15) is 6.17 Å². The lowest BCUT2D eigenvalue weighted by molar-refractivity contribution is -0.103. The molecule has 152 valence electrons. The van der Waals surface area contributed by atoms with E-state index in [1.807, 2.05) is 41.4 Å². The zero-order valence-corrected chi connectivity index (χ0v) is 16.4. The van der Waals surface area contributed by atoms with Crippen molar-refractivity contribution < 1.29 is 9.90 Å². The Morgan fingerprint density at radius 3 is 2.13 bits per heavy atom. The first-order valence-corrected chi connectivity index (χ1v) is 10.2. The first kappa shape index (κ1) is 18.6. The second kappa shape index (κ2) is 7.42. The molecule has 1 atom stereocenters. The van der Waals surface area contributed by atoms with Crippen LogP contribution in [0.4, 0.5) is 0 Å². The molecule has 7 heteroatoms. The van der Waals surface area contributed by atoms with Gasteiger partial charge in [-0.2, -0.15) is 10.1 Å². The number of fused-ring (bicyclic) bond motifs is 2. The van der Waals surface area contributed by atoms with Gasteiger partial charge in [0.15, 0.2) is 11.4 Å². The Morgan fingerprint density at radius 2 is 1.50 bits per heavy atom. The largest absolute Gasteiger partial charge is 0.502 e. The standard InChI is InChI=1S/C23H22N4O3/c28-18-15-24-27-20(21(18)29)23(30)26-14-8-7-13-25(26)22(27)19(16-9-3-1-4-10-16)17-11-5-2-6-12-17/h1-6,9-12,15,19,22,29H,7-8,13-14H2. The molecule has 5 rings (SSSR count). The van der Waals surface area contributed by atoms with E-state index in [9.17, 15) is 14.7 Å². The number of nitrogens with zero attached hydrogens (tertiary/aromatic N) is 4. The highest BCUT2D eigenvalue weighted by atomic mass is 16.3. The normalized spacial score (nSPS) is 18.9. The van der Waals surface area contributed by atoms with Gasteiger partial charge in [0.2, 0.25) is 5.43 Å². The summed E-state index contributed by atoms with van der Waals surface area (Å²) >= 11 is 0. The van der Waals surface area contributed by atoms with E-state index in [2.05, 4.69) is 29.4 Å². The van der Waals surface area contributed by atoms with Crippen molar-refractivity contribution in [1.29, 1.82) is 0 Å². The van der Waals surface area contributed by atoms with E-state index in [0.29, 0.717) is 13.1 Å². The van der Waals surface area contributed by atoms with Crippen LogP contribution in [0.1, 0.15) is 46.5 Å². The van der Waals surface area contributed by atoms with Crippen LogP contribution in [0, 0.1) is 0 Å². The zero-order chi connectivity index (χ0) is 20.7. The van der Waals surface area contributed by atoms with Gasteiger partial charge in [-0.25, -0.2) is 4.68 Å². The molecule has 0 bridgehead atoms. The van der Waals surface area contributed by atoms with Gasteiger partial charge in [-0.05, 0) is 24.0 Å². The van der Waals surface area contributed by atoms with Crippen molar-refractivity contribution in [3.8, 4) is 5.75 Å². The van der Waals surface area contributed by atoms with Gasteiger partial charge in [0.05, 0.1) is 6.20 Å². The highest BCUT2D eigenvalue weighted by molar-refractivity contribution is 5.95. The predicted molar refractivity (Wildman–Crippen MR) is 111 cm³/mol. The molecule has 2 aromatic carbocycles. The lowest BCUT2D eigenvalue weighted by Gasteiger charge is -2.49. The summed E-state index contributed by atoms with van der Waals surface area (Å²) in [6.45, 7) is 1.24. The monoisotopic (exact) mass is 402 g/mol. The number of aromatic hydroxyl groups is 1. The lowest BCUT2D eigenvalue weighted by atomic mass is 9.87. The average molecular weight is 402 g/mol. The summed E-state index contributed by atoms with van der Waals surface area (Å²) in [6.07, 6.45) is 2.53. The number of carbonyl (C=O) groups is 1. The third-order valence-corrected chi connectivity index (χ3v) is 5.91. The molecule has 2 aliphatic rings. The van der Waals surface area contributed by atoms with Crippen molar-refractivity contribution in [2.24, 2.45) is 0 Å². The van der Waals surface area contributed by atoms with Crippen molar-refractivity contribution in [3.05, 3.63) is 93.9 Å². The van der Waals surface area contributed by atoms with Crippen molar-refractivity contribution in [1.82, 2.24) is 19.8 Å². The van der Waals surface area contributed by atoms with E-state index in [0.717, 1.165) is 30.2 Å². The Bertz CT molecular complexity index is 1090. The first-order valence-electron chi connectivity index (χ1n) is 10.2. The molecule has 0 spiro atoms. The first-order chi connectivity index (χ1) is 14.7. The molecule has 0 aliphatic carbocycles. The van der Waals surface area contributed by atoms with Gasteiger partial charge in [-0.15, -0.1) is 0 Å². The smallest absolute Gasteiger partial charge is 0.290 e. The summed E-state index contributed by atoms with van der Waals surface area (Å²) in [5.74, 6) is -1.08. The van der Waals surface area contributed by atoms with Crippen molar-refractivity contribution >= 4 is 5.91 Å². The van der Waals surface area contributed by atoms with Crippen LogP contribution in [0.3, 0.4) is 0 Å². The molecule has 7 nitrogen and oxygen atoms in total. The van der Waals surface area contributed by atoms with Gasteiger partial charge >= 0.3 is 0 Å². The van der Waals surface area contributed by atoms with E-state index < -0.39 is 17.3 Å². The van der Waals surface area contributed by atoms with Crippen LogP contribution in [-0.4, -0.2) is 43.9 Å². The molecule has 30 heavy (non-hydrogen) atoms. The molecule has 3 heterocycles. The molecular formula is C23H22N4O3. The fourth-order valence-electron chi connectivity index (χ4n) is 4.56. The van der Waals surface area contributed by atoms with Crippen LogP contribution in [0.5, 0.6) is 5.75 Å². The summed E-state index contributed by atoms with van der Waals surface area (Å²) < 4.78 is 1.53. The van der Waals surface area contributed by atoms with E-state index >= 15 is 0 Å². The van der Waals surface area contributed by atoms with Crippen molar-refractivity contribution in [3.63, 3.8) is 0 Å². The predicted octanol–water partition coefficient (Wildman–Crippen LogP) is 2.75. The number of hydrazine groups is 1. The number of benzene rings is 2. The maximum Gasteiger partial charge on any atom is 0.290 e. The number of aromatic nitrogens is 2. The Labute approximate surface area is 173 Å². The SMILES string of the molecule is O=C1c2c(O)c(=O)cnn2C(C(c2ccccc2)c2ccccc2)N2CCCCN12. The average Bonchev–Trinajstić information content (AvgIpc) is 2.80. The van der Waals surface area contributed by atoms with Crippen LogP contribution in [-0.2, 0) is 0 Å². The Morgan fingerprint density at radius 1 is 0.900 bits per heavy atom. The summed E-state index contributed by atoms with van der Waals surface area (Å²) in [7, 11) is 0. The molecular weight excluding hydrogens is 380 g/mol. The topological polar surface area (TPSA) is 78.7 Å². The van der Waals surface area contributed by atoms with Crippen LogP contribution in [0.15, 0.2) is 71.7 Å². The molecule has 1 N–H and O–H groups in total. The highest BCUT2D eigenvalue weighted by Gasteiger charge is 2.45. The maximum atomic E-state index is 13.2. The Hall–Kier alpha value is -3.45. The molecule has 2 aliphatic heterocycles. The fraction of sp³-hybridized carbons (Fsp3) is 0.261. The number of amides is 1. The van der Waals surface area contributed by atoms with Crippen molar-refractivity contribution in [2.75, 3.05) is 13.1 Å². The van der Waals surface area contributed by atoms with Gasteiger partial charge in [-0.1, -0.05) is 60.7 Å². The Kier molecular flexibility index (Phi) is 4.59. The van der Waals surface area contributed by atoms with Crippen LogP contribution in [0.25, 0.3) is 0 Å². The van der Waals surface area contributed by atoms with Gasteiger partial charge < -0.3 is 5.11 Å². The maximum absolute atomic E-state index is 13.2. The Balaban J connectivity index is 1.77. The lowest BCUT2D eigenvalue weighted by Crippen LogP contribution is -2.59. The third kappa shape index (κ3) is 2.90. The second-order valence-corrected chi connectivity index (χ2v) is 7.66. The van der Waals surface area contributed by atoms with Gasteiger partial charge in [0, 0.05) is 19.0 Å². The third-order valence-electron chi connectivity index (χ3n) is 5.91. The van der Waals surface area contributed by atoms with E-state index in [1.165, 1.54) is 4.68 Å². The zero-order valence-electron chi connectivity index (χ0n) is 16.4. The van der Waals surface area contributed by atoms with Crippen LogP contribution in [0.2, 0.25) is 0 Å². The minimum Gasteiger partial charge on any atom is -0.502 e. The molecule has 1 unspecified atom stereocenters. The number of hydrogen-bond donors (Lipinski definition) is 1. The van der Waals surface area contributed by atoms with E-state index in [4.69, 9.17) is 0 Å². The molecule has 0 radical (unpaired) electrons. The molecule has 0 saturated carbocycles. The van der Waals surface area contributed by atoms with E-state index in [1.54, 1.807) is 5.01 Å². The summed E-state index contributed by atoms with van der Waals surface area (Å²) in [6, 6.07) is 20.1. The molecule has 1 fully saturated rings. The van der Waals surface area contributed by atoms with E-state index in [-0.39, 0.29) is 17.5 Å². The molecule has 1 saturated heterocycles. The van der Waals surface area contributed by atoms with Gasteiger partial charge in [-0.3, -0.25) is 14.6 Å². The highest BCUT2D eigenvalue weighted by Crippen LogP contribution is 2.42. The van der Waals surface area contributed by atoms with Gasteiger partial charge in [0.25, 0.3) is 5.91 Å². The van der Waals surface area contributed by atoms with Crippen molar-refractivity contribution in [2.45, 2.75) is 24.9 Å². The molecule has 1 aromatic heterocycles. The number of hydrogen-bond acceptors (Lipinski definition) is 5.